The summed E-state index contributed by atoms with van der Waals surface area (Å²) >= 11 is 9.00. The third-order valence-electron chi connectivity index (χ3n) is 3.03. The van der Waals surface area contributed by atoms with Crippen LogP contribution in [0.3, 0.4) is 0 Å². The average molecular weight is 403 g/mol. The topological polar surface area (TPSA) is 12.0 Å². The lowest BCUT2D eigenvalue weighted by Crippen LogP contribution is -2.18. The van der Waals surface area contributed by atoms with Crippen LogP contribution in [0.1, 0.15) is 31.2 Å². The van der Waals surface area contributed by atoms with E-state index in [-0.39, 0.29) is 0 Å². The second kappa shape index (κ2) is 7.02. The van der Waals surface area contributed by atoms with Crippen molar-refractivity contribution in [3.63, 3.8) is 0 Å². The van der Waals surface area contributed by atoms with Crippen molar-refractivity contribution in [1.29, 1.82) is 0 Å². The molecule has 1 heterocycles. The smallest absolute Gasteiger partial charge is 0.0412 e. The molecule has 1 unspecified atom stereocenters. The van der Waals surface area contributed by atoms with Crippen LogP contribution in [0.25, 0.3) is 10.4 Å². The predicted molar refractivity (Wildman–Crippen MR) is 91.9 cm³/mol. The Morgan fingerprint density at radius 3 is 2.58 bits per heavy atom. The molecule has 1 nitrogen and oxygen atoms in total. The van der Waals surface area contributed by atoms with Crippen LogP contribution in [0.2, 0.25) is 0 Å². The summed E-state index contributed by atoms with van der Waals surface area (Å²) in [6.07, 6.45) is 1.12. The summed E-state index contributed by atoms with van der Waals surface area (Å²) in [6, 6.07) is 11.3. The fourth-order valence-electron chi connectivity index (χ4n) is 2.07. The summed E-state index contributed by atoms with van der Waals surface area (Å²) in [6.45, 7) is 5.39. The molecule has 0 bridgehead atoms. The van der Waals surface area contributed by atoms with Crippen LogP contribution in [0.5, 0.6) is 0 Å². The molecule has 1 aromatic heterocycles. The maximum atomic E-state index is 3.64. The number of hydrogen-bond donors (Lipinski definition) is 1. The monoisotopic (exact) mass is 401 g/mol. The van der Waals surface area contributed by atoms with Crippen molar-refractivity contribution in [2.24, 2.45) is 0 Å². The van der Waals surface area contributed by atoms with Gasteiger partial charge in [-0.25, -0.2) is 0 Å². The van der Waals surface area contributed by atoms with Crippen LogP contribution in [-0.2, 0) is 0 Å². The minimum Gasteiger partial charge on any atom is -0.310 e. The minimum absolute atomic E-state index is 0.470. The van der Waals surface area contributed by atoms with Crippen molar-refractivity contribution in [3.8, 4) is 10.4 Å². The fraction of sp³-hybridized carbons (Fsp3) is 0.333. The Bertz CT molecular complexity index is 551. The second-order valence-corrected chi connectivity index (χ2v) is 7.23. The molecule has 1 atom stereocenters. The molecular weight excluding hydrogens is 386 g/mol. The molecule has 0 radical (unpaired) electrons. The Morgan fingerprint density at radius 2 is 1.95 bits per heavy atom. The molecule has 0 saturated carbocycles. The minimum atomic E-state index is 0.470. The van der Waals surface area contributed by atoms with Gasteiger partial charge in [-0.05, 0) is 37.2 Å². The summed E-state index contributed by atoms with van der Waals surface area (Å²) in [7, 11) is 0. The highest BCUT2D eigenvalue weighted by molar-refractivity contribution is 9.11. The standard InChI is InChI=1S/C15H17Br2NS/c1-3-13(18-4-2)15-8-7-14(19-15)11-6-5-10(16)9-12(11)17/h5-9,13,18H,3-4H2,1-2H3. The van der Waals surface area contributed by atoms with Crippen LogP contribution in [0, 0.1) is 0 Å². The van der Waals surface area contributed by atoms with Crippen molar-refractivity contribution in [3.05, 3.63) is 44.2 Å². The van der Waals surface area contributed by atoms with E-state index in [0.717, 1.165) is 21.9 Å². The summed E-state index contributed by atoms with van der Waals surface area (Å²) in [4.78, 5) is 2.72. The molecule has 0 saturated heterocycles. The second-order valence-electron chi connectivity index (χ2n) is 4.34. The molecule has 19 heavy (non-hydrogen) atoms. The van der Waals surface area contributed by atoms with E-state index in [4.69, 9.17) is 0 Å². The van der Waals surface area contributed by atoms with E-state index in [2.05, 4.69) is 81.4 Å². The normalized spacial score (nSPS) is 12.6. The lowest BCUT2D eigenvalue weighted by Gasteiger charge is -2.13. The molecule has 2 aromatic rings. The number of nitrogens with one attached hydrogen (secondary N) is 1. The Balaban J connectivity index is 2.29. The molecule has 1 aromatic carbocycles. The van der Waals surface area contributed by atoms with E-state index in [1.165, 1.54) is 15.3 Å². The molecule has 0 aliphatic heterocycles. The molecule has 102 valence electrons. The van der Waals surface area contributed by atoms with Gasteiger partial charge < -0.3 is 5.32 Å². The molecule has 0 spiro atoms. The van der Waals surface area contributed by atoms with Crippen LogP contribution in [0.15, 0.2) is 39.3 Å². The van der Waals surface area contributed by atoms with Gasteiger partial charge in [0, 0.05) is 30.3 Å². The first-order chi connectivity index (χ1) is 9.15. The van der Waals surface area contributed by atoms with Gasteiger partial charge in [0.1, 0.15) is 0 Å². The molecular formula is C15H17Br2NS. The highest BCUT2D eigenvalue weighted by atomic mass is 79.9. The predicted octanol–water partition coefficient (Wildman–Crippen LogP) is 6.00. The van der Waals surface area contributed by atoms with E-state index in [9.17, 15) is 0 Å². The highest BCUT2D eigenvalue weighted by Crippen LogP contribution is 2.37. The molecule has 0 amide bonds. The number of hydrogen-bond acceptors (Lipinski definition) is 2. The van der Waals surface area contributed by atoms with Gasteiger partial charge in [0.15, 0.2) is 0 Å². The maximum Gasteiger partial charge on any atom is 0.0412 e. The first kappa shape index (κ1) is 15.2. The zero-order valence-corrected chi connectivity index (χ0v) is 15.0. The third kappa shape index (κ3) is 3.69. The van der Waals surface area contributed by atoms with Gasteiger partial charge in [0.2, 0.25) is 0 Å². The summed E-state index contributed by atoms with van der Waals surface area (Å²) in [5, 5.41) is 3.53. The van der Waals surface area contributed by atoms with Gasteiger partial charge in [-0.3, -0.25) is 0 Å². The summed E-state index contributed by atoms with van der Waals surface area (Å²) in [5.41, 5.74) is 1.26. The third-order valence-corrected chi connectivity index (χ3v) is 5.41. The summed E-state index contributed by atoms with van der Waals surface area (Å²) in [5.74, 6) is 0. The quantitative estimate of drug-likeness (QED) is 0.646. The molecule has 0 fully saturated rings. The largest absolute Gasteiger partial charge is 0.310 e. The van der Waals surface area contributed by atoms with Gasteiger partial charge in [-0.1, -0.05) is 51.8 Å². The molecule has 0 aliphatic rings. The van der Waals surface area contributed by atoms with Gasteiger partial charge in [0.25, 0.3) is 0 Å². The zero-order chi connectivity index (χ0) is 13.8. The van der Waals surface area contributed by atoms with Crippen molar-refractivity contribution in [1.82, 2.24) is 5.32 Å². The Hall–Kier alpha value is -0.160. The van der Waals surface area contributed by atoms with Crippen molar-refractivity contribution < 1.29 is 0 Å². The molecule has 4 heteroatoms. The van der Waals surface area contributed by atoms with Crippen molar-refractivity contribution in [2.75, 3.05) is 6.54 Å². The van der Waals surface area contributed by atoms with Gasteiger partial charge >= 0.3 is 0 Å². The maximum absolute atomic E-state index is 3.64. The van der Waals surface area contributed by atoms with Gasteiger partial charge in [-0.15, -0.1) is 11.3 Å². The highest BCUT2D eigenvalue weighted by Gasteiger charge is 2.12. The molecule has 1 N–H and O–H groups in total. The Kier molecular flexibility index (Phi) is 5.63. The molecule has 0 aliphatic carbocycles. The van der Waals surface area contributed by atoms with E-state index < -0.39 is 0 Å². The summed E-state index contributed by atoms with van der Waals surface area (Å²) < 4.78 is 2.23. The zero-order valence-electron chi connectivity index (χ0n) is 11.0. The lowest BCUT2D eigenvalue weighted by molar-refractivity contribution is 0.545. The number of benzene rings is 1. The first-order valence-corrected chi connectivity index (χ1v) is 8.84. The van der Waals surface area contributed by atoms with Crippen LogP contribution >= 0.6 is 43.2 Å². The molecule has 2 rings (SSSR count). The number of thiophene rings is 1. The van der Waals surface area contributed by atoms with E-state index in [1.807, 2.05) is 11.3 Å². The Labute approximate surface area is 135 Å². The average Bonchev–Trinajstić information content (AvgIpc) is 2.85. The SMILES string of the molecule is CCNC(CC)c1ccc(-c2ccc(Br)cc2Br)s1. The first-order valence-electron chi connectivity index (χ1n) is 6.44. The fourth-order valence-corrected chi connectivity index (χ4v) is 4.66. The van der Waals surface area contributed by atoms with Crippen LogP contribution < -0.4 is 5.32 Å². The van der Waals surface area contributed by atoms with E-state index in [0.29, 0.717) is 6.04 Å². The van der Waals surface area contributed by atoms with E-state index in [1.54, 1.807) is 0 Å². The van der Waals surface area contributed by atoms with Gasteiger partial charge in [0.05, 0.1) is 0 Å². The van der Waals surface area contributed by atoms with Crippen molar-refractivity contribution in [2.45, 2.75) is 26.3 Å². The number of halogens is 2. The number of rotatable bonds is 5. The van der Waals surface area contributed by atoms with Crippen molar-refractivity contribution >= 4 is 43.2 Å². The lowest BCUT2D eigenvalue weighted by atomic mass is 10.1. The Morgan fingerprint density at radius 1 is 1.16 bits per heavy atom. The van der Waals surface area contributed by atoms with Gasteiger partial charge in [-0.2, -0.15) is 0 Å². The van der Waals surface area contributed by atoms with Crippen LogP contribution in [-0.4, -0.2) is 6.54 Å². The van der Waals surface area contributed by atoms with E-state index >= 15 is 0 Å². The van der Waals surface area contributed by atoms with Crippen LogP contribution in [0.4, 0.5) is 0 Å².